The topological polar surface area (TPSA) is 111 Å². The van der Waals surface area contributed by atoms with Crippen molar-refractivity contribution in [3.63, 3.8) is 0 Å². The van der Waals surface area contributed by atoms with Gasteiger partial charge in [0.1, 0.15) is 18.0 Å². The SMILES string of the molecule is COc1cc(/C=C(/C#N)c2nc3ccccc3[nH]2)ccc1O[C@H](C)C(=O)[O-]. The van der Waals surface area contributed by atoms with Gasteiger partial charge in [-0.25, -0.2) is 4.98 Å². The lowest BCUT2D eigenvalue weighted by atomic mass is 10.1. The Morgan fingerprint density at radius 2 is 2.07 bits per heavy atom. The highest BCUT2D eigenvalue weighted by atomic mass is 16.5. The van der Waals surface area contributed by atoms with Gasteiger partial charge in [0.15, 0.2) is 11.5 Å². The molecule has 136 valence electrons. The van der Waals surface area contributed by atoms with Gasteiger partial charge in [-0.05, 0) is 42.8 Å². The minimum atomic E-state index is -1.32. The van der Waals surface area contributed by atoms with E-state index in [4.69, 9.17) is 9.47 Å². The van der Waals surface area contributed by atoms with Crippen LogP contribution in [0.2, 0.25) is 0 Å². The maximum Gasteiger partial charge on any atom is 0.162 e. The molecule has 0 spiro atoms. The number of carboxylic acids is 1. The van der Waals surface area contributed by atoms with Gasteiger partial charge in [-0.2, -0.15) is 5.26 Å². The van der Waals surface area contributed by atoms with Gasteiger partial charge >= 0.3 is 0 Å². The Balaban J connectivity index is 1.94. The number of carbonyl (C=O) groups excluding carboxylic acids is 1. The van der Waals surface area contributed by atoms with Crippen LogP contribution in [0.4, 0.5) is 0 Å². The van der Waals surface area contributed by atoms with Crippen LogP contribution in [0.15, 0.2) is 42.5 Å². The largest absolute Gasteiger partial charge is 0.546 e. The Morgan fingerprint density at radius 3 is 2.74 bits per heavy atom. The fourth-order valence-electron chi connectivity index (χ4n) is 2.51. The number of methoxy groups -OCH3 is 1. The highest BCUT2D eigenvalue weighted by Gasteiger charge is 2.12. The van der Waals surface area contributed by atoms with Crippen LogP contribution >= 0.6 is 0 Å². The smallest absolute Gasteiger partial charge is 0.162 e. The lowest BCUT2D eigenvalue weighted by Crippen LogP contribution is -2.37. The van der Waals surface area contributed by atoms with Gasteiger partial charge in [0.05, 0.1) is 29.7 Å². The van der Waals surface area contributed by atoms with E-state index in [1.165, 1.54) is 14.0 Å². The zero-order valence-electron chi connectivity index (χ0n) is 14.7. The number of hydrogen-bond acceptors (Lipinski definition) is 6. The van der Waals surface area contributed by atoms with E-state index in [-0.39, 0.29) is 5.75 Å². The standard InChI is InChI=1S/C20H17N3O4/c1-12(20(24)25)27-17-8-7-13(10-18(17)26-2)9-14(11-21)19-22-15-5-3-4-6-16(15)23-19/h3-10,12H,1-2H3,(H,22,23)(H,24,25)/p-1/b14-9-/t12-/m1/s1. The van der Waals surface area contributed by atoms with E-state index in [2.05, 4.69) is 16.0 Å². The number of aromatic amines is 1. The molecule has 7 heteroatoms. The summed E-state index contributed by atoms with van der Waals surface area (Å²) in [6, 6.07) is 14.6. The summed E-state index contributed by atoms with van der Waals surface area (Å²) in [6.45, 7) is 1.37. The second-order valence-electron chi connectivity index (χ2n) is 5.76. The molecule has 0 aliphatic carbocycles. The highest BCUT2D eigenvalue weighted by molar-refractivity contribution is 5.90. The Bertz CT molecular complexity index is 1030. The number of allylic oxidation sites excluding steroid dienone is 1. The van der Waals surface area contributed by atoms with Crippen molar-refractivity contribution in [3.8, 4) is 17.6 Å². The van der Waals surface area contributed by atoms with Crippen LogP contribution < -0.4 is 14.6 Å². The van der Waals surface area contributed by atoms with Gasteiger partial charge in [0.2, 0.25) is 0 Å². The Morgan fingerprint density at radius 1 is 1.30 bits per heavy atom. The van der Waals surface area contributed by atoms with Gasteiger partial charge in [0.25, 0.3) is 0 Å². The van der Waals surface area contributed by atoms with E-state index in [0.29, 0.717) is 22.7 Å². The first-order valence-electron chi connectivity index (χ1n) is 8.14. The molecular formula is C20H16N3O4-. The molecule has 0 saturated carbocycles. The number of nitrogens with one attached hydrogen (secondary N) is 1. The molecule has 0 unspecified atom stereocenters. The molecule has 2 aromatic carbocycles. The van der Waals surface area contributed by atoms with Crippen LogP contribution in [0.25, 0.3) is 22.7 Å². The van der Waals surface area contributed by atoms with Crippen molar-refractivity contribution >= 4 is 28.7 Å². The number of ether oxygens (including phenoxy) is 2. The third-order valence-electron chi connectivity index (χ3n) is 3.90. The monoisotopic (exact) mass is 362 g/mol. The fourth-order valence-corrected chi connectivity index (χ4v) is 2.51. The summed E-state index contributed by atoms with van der Waals surface area (Å²) in [5, 5.41) is 20.4. The molecule has 1 N–H and O–H groups in total. The van der Waals surface area contributed by atoms with Crippen LogP contribution in [0, 0.1) is 11.3 Å². The van der Waals surface area contributed by atoms with Crippen LogP contribution in [-0.2, 0) is 4.79 Å². The minimum Gasteiger partial charge on any atom is -0.546 e. The second-order valence-corrected chi connectivity index (χ2v) is 5.76. The molecule has 1 aromatic heterocycles. The Labute approximate surface area is 155 Å². The third kappa shape index (κ3) is 3.90. The van der Waals surface area contributed by atoms with Crippen LogP contribution in [0.5, 0.6) is 11.5 Å². The Kier molecular flexibility index (Phi) is 5.08. The number of para-hydroxylation sites is 2. The van der Waals surface area contributed by atoms with E-state index in [1.54, 1.807) is 24.3 Å². The summed E-state index contributed by atoms with van der Waals surface area (Å²) in [7, 11) is 1.45. The lowest BCUT2D eigenvalue weighted by molar-refractivity contribution is -0.312. The van der Waals surface area contributed by atoms with Crippen LogP contribution in [0.3, 0.4) is 0 Å². The summed E-state index contributed by atoms with van der Waals surface area (Å²) in [5.41, 5.74) is 2.64. The average molecular weight is 362 g/mol. The molecule has 27 heavy (non-hydrogen) atoms. The summed E-state index contributed by atoms with van der Waals surface area (Å²) in [6.07, 6.45) is 0.539. The van der Waals surface area contributed by atoms with Crippen molar-refractivity contribution in [1.82, 2.24) is 9.97 Å². The number of carboxylic acid groups (broad SMARTS) is 1. The molecule has 0 aliphatic heterocycles. The number of rotatable bonds is 6. The summed E-state index contributed by atoms with van der Waals surface area (Å²) in [4.78, 5) is 18.4. The zero-order chi connectivity index (χ0) is 19.4. The molecule has 0 amide bonds. The second kappa shape index (κ2) is 7.62. The van der Waals surface area contributed by atoms with Crippen molar-refractivity contribution in [2.24, 2.45) is 0 Å². The maximum absolute atomic E-state index is 10.9. The number of imidazole rings is 1. The van der Waals surface area contributed by atoms with Crippen LogP contribution in [-0.4, -0.2) is 29.2 Å². The number of benzene rings is 2. The number of nitrogens with zero attached hydrogens (tertiary/aromatic N) is 2. The third-order valence-corrected chi connectivity index (χ3v) is 3.90. The molecule has 0 radical (unpaired) electrons. The van der Waals surface area contributed by atoms with Crippen molar-refractivity contribution in [1.29, 1.82) is 5.26 Å². The molecule has 0 saturated heterocycles. The number of hydrogen-bond donors (Lipinski definition) is 1. The number of aromatic nitrogens is 2. The molecule has 1 atom stereocenters. The van der Waals surface area contributed by atoms with Gasteiger partial charge < -0.3 is 24.4 Å². The van der Waals surface area contributed by atoms with Gasteiger partial charge in [-0.15, -0.1) is 0 Å². The van der Waals surface area contributed by atoms with Gasteiger partial charge in [0, 0.05) is 0 Å². The van der Waals surface area contributed by atoms with Crippen molar-refractivity contribution in [3.05, 3.63) is 53.9 Å². The van der Waals surface area contributed by atoms with Crippen LogP contribution in [0.1, 0.15) is 18.3 Å². The predicted molar refractivity (Wildman–Crippen MR) is 97.7 cm³/mol. The van der Waals surface area contributed by atoms with E-state index in [9.17, 15) is 15.2 Å². The average Bonchev–Trinajstić information content (AvgIpc) is 3.10. The van der Waals surface area contributed by atoms with E-state index in [0.717, 1.165) is 11.0 Å². The summed E-state index contributed by atoms with van der Waals surface area (Å²) >= 11 is 0. The summed E-state index contributed by atoms with van der Waals surface area (Å²) < 4.78 is 10.6. The molecular weight excluding hydrogens is 346 g/mol. The minimum absolute atomic E-state index is 0.272. The molecule has 0 fully saturated rings. The fraction of sp³-hybridized carbons (Fsp3) is 0.150. The molecule has 0 aliphatic rings. The van der Waals surface area contributed by atoms with E-state index in [1.807, 2.05) is 24.3 Å². The van der Waals surface area contributed by atoms with E-state index < -0.39 is 12.1 Å². The first-order valence-corrected chi connectivity index (χ1v) is 8.14. The van der Waals surface area contributed by atoms with E-state index >= 15 is 0 Å². The number of aliphatic carboxylic acids is 1. The molecule has 1 heterocycles. The van der Waals surface area contributed by atoms with Crippen molar-refractivity contribution in [2.75, 3.05) is 7.11 Å². The van der Waals surface area contributed by atoms with Gasteiger partial charge in [-0.1, -0.05) is 18.2 Å². The number of H-pyrrole nitrogens is 1. The lowest BCUT2D eigenvalue weighted by Gasteiger charge is -2.17. The maximum atomic E-state index is 10.9. The summed E-state index contributed by atoms with van der Waals surface area (Å²) in [5.74, 6) is -0.242. The highest BCUT2D eigenvalue weighted by Crippen LogP contribution is 2.30. The molecule has 3 rings (SSSR count). The normalized spacial score (nSPS) is 12.4. The zero-order valence-corrected chi connectivity index (χ0v) is 14.7. The first kappa shape index (κ1) is 18.0. The Hall–Kier alpha value is -3.79. The number of nitriles is 1. The molecule has 7 nitrogen and oxygen atoms in total. The predicted octanol–water partition coefficient (Wildman–Crippen LogP) is 2.15. The number of fused-ring (bicyclic) bond motifs is 1. The number of carbonyl (C=O) groups is 1. The molecule has 0 bridgehead atoms. The van der Waals surface area contributed by atoms with Crippen molar-refractivity contribution in [2.45, 2.75) is 13.0 Å². The first-order chi connectivity index (χ1) is 13.0. The van der Waals surface area contributed by atoms with Gasteiger partial charge in [-0.3, -0.25) is 0 Å². The quantitative estimate of drug-likeness (QED) is 0.673. The molecule has 3 aromatic rings. The van der Waals surface area contributed by atoms with Crippen molar-refractivity contribution < 1.29 is 19.4 Å².